The van der Waals surface area contributed by atoms with E-state index in [4.69, 9.17) is 0 Å². The minimum Gasteiger partial charge on any atom is -0.321 e. The molecule has 0 bridgehead atoms. The van der Waals surface area contributed by atoms with Crippen molar-refractivity contribution in [3.05, 3.63) is 122 Å². The van der Waals surface area contributed by atoms with Gasteiger partial charge in [-0.2, -0.15) is 0 Å². The van der Waals surface area contributed by atoms with Crippen LogP contribution in [0.2, 0.25) is 0 Å². The second-order valence-corrected chi connectivity index (χ2v) is 9.62. The third-order valence-electron chi connectivity index (χ3n) is 6.66. The number of aryl methyl sites for hydroxylation is 3. The van der Waals surface area contributed by atoms with Crippen LogP contribution in [0.3, 0.4) is 0 Å². The molecule has 0 radical (unpaired) electrons. The Bertz CT molecular complexity index is 1590. The second kappa shape index (κ2) is 10.4. The minimum atomic E-state index is -0.281. The number of aromatic amines is 1. The highest BCUT2D eigenvalue weighted by molar-refractivity contribution is 5.85. The number of halogens is 1. The van der Waals surface area contributed by atoms with Gasteiger partial charge in [0.2, 0.25) is 0 Å². The summed E-state index contributed by atoms with van der Waals surface area (Å²) in [4.78, 5) is 18.4. The first-order valence-corrected chi connectivity index (χ1v) is 12.3. The summed E-state index contributed by atoms with van der Waals surface area (Å²) in [6.07, 6.45) is 0. The molecular weight excluding hydrogens is 467 g/mol. The summed E-state index contributed by atoms with van der Waals surface area (Å²) >= 11 is 0. The average molecular weight is 497 g/mol. The third kappa shape index (κ3) is 5.65. The Morgan fingerprint density at radius 3 is 2.32 bits per heavy atom. The number of aromatic nitrogens is 5. The molecule has 7 nitrogen and oxygen atoms in total. The van der Waals surface area contributed by atoms with E-state index in [0.29, 0.717) is 37.6 Å². The predicted octanol–water partition coefficient (Wildman–Crippen LogP) is 4.83. The van der Waals surface area contributed by atoms with Crippen LogP contribution in [0.15, 0.2) is 71.5 Å². The second-order valence-electron chi connectivity index (χ2n) is 9.62. The number of pyridine rings is 1. The van der Waals surface area contributed by atoms with Crippen LogP contribution in [0.5, 0.6) is 0 Å². The molecule has 188 valence electrons. The normalized spacial score (nSPS) is 11.5. The van der Waals surface area contributed by atoms with E-state index in [9.17, 15) is 9.18 Å². The van der Waals surface area contributed by atoms with Crippen molar-refractivity contribution >= 4 is 10.9 Å². The lowest BCUT2D eigenvalue weighted by Crippen LogP contribution is -2.28. The fourth-order valence-electron chi connectivity index (χ4n) is 4.52. The van der Waals surface area contributed by atoms with Crippen molar-refractivity contribution in [3.8, 4) is 0 Å². The Labute approximate surface area is 214 Å². The van der Waals surface area contributed by atoms with Crippen LogP contribution in [-0.2, 0) is 26.2 Å². The Morgan fingerprint density at radius 2 is 1.57 bits per heavy atom. The predicted molar refractivity (Wildman–Crippen MR) is 141 cm³/mol. The molecule has 5 rings (SSSR count). The first-order valence-electron chi connectivity index (χ1n) is 12.3. The van der Waals surface area contributed by atoms with Crippen LogP contribution >= 0.6 is 0 Å². The molecule has 0 fully saturated rings. The van der Waals surface area contributed by atoms with Gasteiger partial charge in [-0.15, -0.1) is 5.10 Å². The average Bonchev–Trinajstić information content (AvgIpc) is 3.31. The number of benzene rings is 3. The molecule has 0 unspecified atom stereocenters. The maximum atomic E-state index is 13.4. The van der Waals surface area contributed by atoms with Crippen LogP contribution in [0.1, 0.15) is 39.2 Å². The van der Waals surface area contributed by atoms with Crippen molar-refractivity contribution in [1.82, 2.24) is 30.1 Å². The zero-order valence-corrected chi connectivity index (χ0v) is 21.2. The summed E-state index contributed by atoms with van der Waals surface area (Å²) < 4.78 is 15.1. The highest BCUT2D eigenvalue weighted by Gasteiger charge is 2.17. The molecule has 1 N–H and O–H groups in total. The van der Waals surface area contributed by atoms with Gasteiger partial charge in [-0.3, -0.25) is 9.69 Å². The first kappa shape index (κ1) is 24.5. The minimum absolute atomic E-state index is 0.0963. The molecule has 0 atom stereocenters. The zero-order chi connectivity index (χ0) is 25.9. The third-order valence-corrected chi connectivity index (χ3v) is 6.66. The van der Waals surface area contributed by atoms with E-state index in [1.165, 1.54) is 17.7 Å². The number of nitrogens with zero attached hydrogens (tertiary/aromatic N) is 5. The largest absolute Gasteiger partial charge is 0.321 e. The fourth-order valence-corrected chi connectivity index (χ4v) is 4.52. The Balaban J connectivity index is 1.46. The molecule has 0 amide bonds. The molecule has 0 saturated carbocycles. The molecule has 3 aromatic carbocycles. The van der Waals surface area contributed by atoms with Gasteiger partial charge >= 0.3 is 0 Å². The molecule has 0 saturated heterocycles. The van der Waals surface area contributed by atoms with Gasteiger partial charge in [0.15, 0.2) is 5.82 Å². The topological polar surface area (TPSA) is 79.7 Å². The molecule has 8 heteroatoms. The van der Waals surface area contributed by atoms with Gasteiger partial charge in [-0.05, 0) is 71.7 Å². The number of hydrogen-bond acceptors (Lipinski definition) is 5. The molecule has 0 aliphatic carbocycles. The van der Waals surface area contributed by atoms with Crippen molar-refractivity contribution in [1.29, 1.82) is 0 Å². The van der Waals surface area contributed by atoms with Crippen LogP contribution < -0.4 is 5.56 Å². The van der Waals surface area contributed by atoms with Crippen LogP contribution in [0, 0.1) is 26.6 Å². The summed E-state index contributed by atoms with van der Waals surface area (Å²) in [6.45, 7) is 8.02. The summed E-state index contributed by atoms with van der Waals surface area (Å²) in [5.74, 6) is 0.386. The van der Waals surface area contributed by atoms with Gasteiger partial charge in [-0.25, -0.2) is 9.07 Å². The van der Waals surface area contributed by atoms with E-state index < -0.39 is 0 Å². The number of fused-ring (bicyclic) bond motifs is 1. The Hall–Kier alpha value is -4.17. The number of nitrogens with one attached hydrogen (secondary N) is 1. The maximum absolute atomic E-state index is 13.4. The van der Waals surface area contributed by atoms with E-state index in [2.05, 4.69) is 69.6 Å². The molecule has 0 aliphatic heterocycles. The van der Waals surface area contributed by atoms with E-state index in [-0.39, 0.29) is 11.4 Å². The van der Waals surface area contributed by atoms with E-state index in [1.54, 1.807) is 16.8 Å². The van der Waals surface area contributed by atoms with Crippen molar-refractivity contribution in [2.45, 2.75) is 47.0 Å². The molecule has 5 aromatic rings. The van der Waals surface area contributed by atoms with E-state index in [0.717, 1.165) is 33.2 Å². The monoisotopic (exact) mass is 496 g/mol. The summed E-state index contributed by atoms with van der Waals surface area (Å²) in [7, 11) is 0. The number of H-pyrrole nitrogens is 1. The first-order chi connectivity index (χ1) is 17.9. The van der Waals surface area contributed by atoms with Crippen LogP contribution in [0.4, 0.5) is 4.39 Å². The van der Waals surface area contributed by atoms with E-state index in [1.807, 2.05) is 19.1 Å². The number of rotatable bonds is 8. The zero-order valence-electron chi connectivity index (χ0n) is 21.2. The molecule has 2 heterocycles. The quantitative estimate of drug-likeness (QED) is 0.333. The lowest BCUT2D eigenvalue weighted by atomic mass is 10.0. The van der Waals surface area contributed by atoms with Crippen molar-refractivity contribution in [2.24, 2.45) is 0 Å². The molecule has 37 heavy (non-hydrogen) atoms. The molecular formula is C29H29FN6O. The highest BCUT2D eigenvalue weighted by atomic mass is 19.1. The van der Waals surface area contributed by atoms with Crippen LogP contribution in [0.25, 0.3) is 10.9 Å². The van der Waals surface area contributed by atoms with Crippen LogP contribution in [-0.4, -0.2) is 30.1 Å². The lowest BCUT2D eigenvalue weighted by Gasteiger charge is -2.22. The van der Waals surface area contributed by atoms with Crippen molar-refractivity contribution in [2.75, 3.05) is 0 Å². The maximum Gasteiger partial charge on any atom is 0.252 e. The van der Waals surface area contributed by atoms with Gasteiger partial charge in [0, 0.05) is 24.0 Å². The smallest absolute Gasteiger partial charge is 0.252 e. The Kier molecular flexibility index (Phi) is 6.92. The van der Waals surface area contributed by atoms with Gasteiger partial charge < -0.3 is 4.98 Å². The standard InChI is InChI=1S/C29H29FN6O/c1-19-4-8-22(9-5-19)15-35(17-24-14-26-20(2)6-7-21(3)28(26)31-29(24)37)18-27-32-33-34-36(27)16-23-10-12-25(30)13-11-23/h4-14H,15-18H2,1-3H3,(H,31,37). The summed E-state index contributed by atoms with van der Waals surface area (Å²) in [5, 5.41) is 13.4. The number of tetrazole rings is 1. The lowest BCUT2D eigenvalue weighted by molar-refractivity contribution is 0.236. The SMILES string of the molecule is Cc1ccc(CN(Cc2cc3c(C)ccc(C)c3[nH]c2=O)Cc2nnnn2Cc2ccc(F)cc2)cc1. The fraction of sp³-hybridized carbons (Fsp3) is 0.241. The van der Waals surface area contributed by atoms with Crippen molar-refractivity contribution < 1.29 is 4.39 Å². The molecule has 2 aromatic heterocycles. The molecule has 0 aliphatic rings. The van der Waals surface area contributed by atoms with Gasteiger partial charge in [0.1, 0.15) is 5.82 Å². The Morgan fingerprint density at radius 1 is 0.865 bits per heavy atom. The molecule has 0 spiro atoms. The van der Waals surface area contributed by atoms with Crippen molar-refractivity contribution in [3.63, 3.8) is 0 Å². The van der Waals surface area contributed by atoms with Gasteiger partial charge in [-0.1, -0.05) is 54.1 Å². The summed E-state index contributed by atoms with van der Waals surface area (Å²) in [5.41, 5.74) is 6.85. The summed E-state index contributed by atoms with van der Waals surface area (Å²) in [6, 6.07) is 20.8. The van der Waals surface area contributed by atoms with Gasteiger partial charge in [0.05, 0.1) is 18.6 Å². The van der Waals surface area contributed by atoms with E-state index >= 15 is 0 Å². The highest BCUT2D eigenvalue weighted by Crippen LogP contribution is 2.21. The number of hydrogen-bond donors (Lipinski definition) is 1. The van der Waals surface area contributed by atoms with Gasteiger partial charge in [0.25, 0.3) is 5.56 Å².